The first-order valence-electron chi connectivity index (χ1n) is 14.9. The van der Waals surface area contributed by atoms with Crippen molar-refractivity contribution in [2.75, 3.05) is 64.6 Å². The third-order valence-electron chi connectivity index (χ3n) is 7.48. The number of fused-ring (bicyclic) bond motifs is 1. The minimum Gasteiger partial charge on any atom is -0.444 e. The molecule has 1 atom stereocenters. The van der Waals surface area contributed by atoms with Crippen LogP contribution in [0.3, 0.4) is 0 Å². The molecule has 4 rings (SSSR count). The zero-order valence-electron chi connectivity index (χ0n) is 25.6. The van der Waals surface area contributed by atoms with Gasteiger partial charge in [0.25, 0.3) is 5.91 Å². The van der Waals surface area contributed by atoms with Crippen molar-refractivity contribution in [1.29, 1.82) is 0 Å². The van der Waals surface area contributed by atoms with Crippen LogP contribution < -0.4 is 16.4 Å². The fourth-order valence-electron chi connectivity index (χ4n) is 5.40. The molecule has 4 N–H and O–H groups in total. The van der Waals surface area contributed by atoms with Gasteiger partial charge >= 0.3 is 6.09 Å². The second-order valence-electron chi connectivity index (χ2n) is 12.4. The second-order valence-corrected chi connectivity index (χ2v) is 12.4. The van der Waals surface area contributed by atoms with Crippen molar-refractivity contribution in [3.8, 4) is 0 Å². The highest BCUT2D eigenvalue weighted by molar-refractivity contribution is 6.06. The molecule has 0 radical (unpaired) electrons. The van der Waals surface area contributed by atoms with Crippen LogP contribution in [0.2, 0.25) is 0 Å². The van der Waals surface area contributed by atoms with Crippen LogP contribution in [-0.4, -0.2) is 110 Å². The van der Waals surface area contributed by atoms with Gasteiger partial charge in [-0.1, -0.05) is 6.07 Å². The molecule has 242 valence electrons. The molecule has 44 heavy (non-hydrogen) atoms. The zero-order valence-corrected chi connectivity index (χ0v) is 25.6. The number of carbonyl (C=O) groups excluding carboxylic acids is 5. The maximum absolute atomic E-state index is 13.0. The van der Waals surface area contributed by atoms with Crippen LogP contribution in [0.4, 0.5) is 10.5 Å². The summed E-state index contributed by atoms with van der Waals surface area (Å²) >= 11 is 0. The number of nitrogens with two attached hydrogens (primary N) is 1. The van der Waals surface area contributed by atoms with Crippen molar-refractivity contribution in [3.63, 3.8) is 0 Å². The number of anilines is 1. The van der Waals surface area contributed by atoms with E-state index >= 15 is 0 Å². The van der Waals surface area contributed by atoms with Crippen LogP contribution >= 0.6 is 0 Å². The molecule has 0 bridgehead atoms. The predicted octanol–water partition coefficient (Wildman–Crippen LogP) is 1.02. The molecule has 2 fully saturated rings. The number of likely N-dealkylation sites (tertiary alicyclic amines) is 1. The normalized spacial score (nSPS) is 19.4. The summed E-state index contributed by atoms with van der Waals surface area (Å²) in [6.07, 6.45) is 0.0843. The van der Waals surface area contributed by atoms with Crippen LogP contribution in [0.15, 0.2) is 18.2 Å². The van der Waals surface area contributed by atoms with Gasteiger partial charge in [0, 0.05) is 49.4 Å². The number of carbonyl (C=O) groups is 5. The Bertz CT molecular complexity index is 1240. The third kappa shape index (κ3) is 8.52. The molecule has 14 heteroatoms. The van der Waals surface area contributed by atoms with Crippen molar-refractivity contribution in [3.05, 3.63) is 29.3 Å². The largest absolute Gasteiger partial charge is 0.444 e. The number of nitrogens with one attached hydrogen (secondary N) is 2. The van der Waals surface area contributed by atoms with E-state index in [-0.39, 0.29) is 56.7 Å². The van der Waals surface area contributed by atoms with Gasteiger partial charge in [-0.25, -0.2) is 4.79 Å². The topological polar surface area (TPSA) is 179 Å². The molecular weight excluding hydrogens is 574 g/mol. The lowest BCUT2D eigenvalue weighted by Crippen LogP contribution is -2.63. The number of nitrogens with zero attached hydrogens (tertiary/aromatic N) is 2. The highest BCUT2D eigenvalue weighted by Gasteiger charge is 2.47. The summed E-state index contributed by atoms with van der Waals surface area (Å²) in [5.41, 5.74) is 5.92. The van der Waals surface area contributed by atoms with Crippen LogP contribution in [0.1, 0.15) is 56.0 Å². The van der Waals surface area contributed by atoms with Gasteiger partial charge in [-0.2, -0.15) is 0 Å². The van der Waals surface area contributed by atoms with Gasteiger partial charge in [0.15, 0.2) is 0 Å². The summed E-state index contributed by atoms with van der Waals surface area (Å²) in [7, 11) is 0. The molecular formula is C30H43N5O9. The quantitative estimate of drug-likeness (QED) is 0.202. The molecule has 1 aromatic carbocycles. The molecule has 0 spiro atoms. The maximum Gasteiger partial charge on any atom is 0.410 e. The van der Waals surface area contributed by atoms with Crippen LogP contribution in [-0.2, 0) is 39.9 Å². The Balaban J connectivity index is 1.27. The first-order valence-corrected chi connectivity index (χ1v) is 14.9. The number of imide groups is 1. The Kier molecular flexibility index (Phi) is 10.9. The summed E-state index contributed by atoms with van der Waals surface area (Å²) in [5.74, 6) is -1.45. The third-order valence-corrected chi connectivity index (χ3v) is 7.48. The summed E-state index contributed by atoms with van der Waals surface area (Å²) in [6, 6.07) is 4.31. The van der Waals surface area contributed by atoms with Crippen molar-refractivity contribution in [2.45, 2.75) is 58.2 Å². The molecule has 14 nitrogen and oxygen atoms in total. The van der Waals surface area contributed by atoms with Gasteiger partial charge in [0.2, 0.25) is 17.7 Å². The Labute approximate surface area is 256 Å². The molecule has 0 saturated carbocycles. The summed E-state index contributed by atoms with van der Waals surface area (Å²) < 4.78 is 22.5. The molecule has 3 aliphatic heterocycles. The number of piperidine rings is 1. The van der Waals surface area contributed by atoms with E-state index in [0.717, 1.165) is 0 Å². The van der Waals surface area contributed by atoms with Gasteiger partial charge in [-0.05, 0) is 39.3 Å². The average Bonchev–Trinajstić information content (AvgIpc) is 3.26. The molecule has 0 aromatic heterocycles. The second kappa shape index (κ2) is 14.5. The summed E-state index contributed by atoms with van der Waals surface area (Å²) in [6.45, 7) is 8.80. The lowest BCUT2D eigenvalue weighted by molar-refractivity contribution is -0.137. The Morgan fingerprint density at radius 1 is 1.05 bits per heavy atom. The van der Waals surface area contributed by atoms with E-state index in [1.165, 1.54) is 4.90 Å². The van der Waals surface area contributed by atoms with E-state index in [2.05, 4.69) is 10.6 Å². The molecule has 0 aliphatic carbocycles. The number of amides is 5. The fourth-order valence-corrected chi connectivity index (χ4v) is 5.40. The molecule has 1 unspecified atom stereocenters. The number of ether oxygens (including phenoxy) is 4. The Morgan fingerprint density at radius 3 is 2.43 bits per heavy atom. The van der Waals surface area contributed by atoms with Crippen molar-refractivity contribution < 1.29 is 42.9 Å². The zero-order chi connectivity index (χ0) is 31.9. The van der Waals surface area contributed by atoms with E-state index in [1.54, 1.807) is 23.1 Å². The molecule has 3 heterocycles. The summed E-state index contributed by atoms with van der Waals surface area (Å²) in [4.78, 5) is 65.3. The number of hydrogen-bond acceptors (Lipinski definition) is 10. The van der Waals surface area contributed by atoms with Gasteiger partial charge in [-0.3, -0.25) is 24.5 Å². The lowest BCUT2D eigenvalue weighted by atomic mass is 9.81. The number of benzene rings is 1. The minimum absolute atomic E-state index is 0.0636. The number of hydrogen-bond donors (Lipinski definition) is 3. The van der Waals surface area contributed by atoms with Crippen LogP contribution in [0.5, 0.6) is 0 Å². The average molecular weight is 618 g/mol. The van der Waals surface area contributed by atoms with Crippen LogP contribution in [0, 0.1) is 5.41 Å². The highest BCUT2D eigenvalue weighted by atomic mass is 16.6. The van der Waals surface area contributed by atoms with Gasteiger partial charge in [-0.15, -0.1) is 0 Å². The van der Waals surface area contributed by atoms with Gasteiger partial charge in [0.05, 0.1) is 51.5 Å². The Morgan fingerprint density at radius 2 is 1.75 bits per heavy atom. The number of rotatable bonds is 14. The van der Waals surface area contributed by atoms with Gasteiger partial charge in [0.1, 0.15) is 11.6 Å². The van der Waals surface area contributed by atoms with Crippen molar-refractivity contribution >= 4 is 35.4 Å². The maximum atomic E-state index is 13.0. The first-order chi connectivity index (χ1) is 20.9. The highest BCUT2D eigenvalue weighted by Crippen LogP contribution is 2.34. The van der Waals surface area contributed by atoms with E-state index in [0.29, 0.717) is 62.9 Å². The van der Waals surface area contributed by atoms with E-state index in [1.807, 2.05) is 20.8 Å². The van der Waals surface area contributed by atoms with Crippen molar-refractivity contribution in [2.24, 2.45) is 11.1 Å². The van der Waals surface area contributed by atoms with E-state index < -0.39 is 29.1 Å². The fraction of sp³-hybridized carbons (Fsp3) is 0.633. The molecule has 5 amide bonds. The SMILES string of the molecule is CC(C)(C)OC(=O)N1CC(COCCOCCN)(COCCC(=O)Nc2cccc3c2CN(C2CCC(=O)NC2=O)C3=O)C1. The first kappa shape index (κ1) is 33.3. The predicted molar refractivity (Wildman–Crippen MR) is 157 cm³/mol. The molecule has 1 aromatic rings. The lowest BCUT2D eigenvalue weighted by Gasteiger charge is -2.49. The standard InChI is InChI=1S/C30H43N5O9/c1-29(2,3)44-28(40)34-16-30(17-34,19-43-14-13-41-12-10-31)18-42-11-9-25(37)32-22-6-4-5-20-21(22)15-35(27(20)39)23-7-8-24(36)33-26(23)38/h4-6,23H,7-19,31H2,1-3H3,(H,32,37)(H,33,36,38). The smallest absolute Gasteiger partial charge is 0.410 e. The monoisotopic (exact) mass is 617 g/mol. The molecule has 3 aliphatic rings. The Hall–Kier alpha value is -3.59. The van der Waals surface area contributed by atoms with Crippen molar-refractivity contribution in [1.82, 2.24) is 15.1 Å². The van der Waals surface area contributed by atoms with Gasteiger partial charge < -0.3 is 39.8 Å². The van der Waals surface area contributed by atoms with Crippen LogP contribution in [0.25, 0.3) is 0 Å². The van der Waals surface area contributed by atoms with E-state index in [9.17, 15) is 24.0 Å². The molecule has 2 saturated heterocycles. The minimum atomic E-state index is -0.739. The summed E-state index contributed by atoms with van der Waals surface area (Å²) in [5, 5.41) is 5.15. The van der Waals surface area contributed by atoms with E-state index in [4.69, 9.17) is 24.7 Å².